The Balaban J connectivity index is 2.13. The number of amides is 1. The maximum absolute atomic E-state index is 12.3. The lowest BCUT2D eigenvalue weighted by Gasteiger charge is -2.21. The van der Waals surface area contributed by atoms with E-state index in [0.29, 0.717) is 17.3 Å². The van der Waals surface area contributed by atoms with Crippen molar-refractivity contribution in [1.29, 1.82) is 0 Å². The largest absolute Gasteiger partial charge is 0.372 e. The van der Waals surface area contributed by atoms with Crippen LogP contribution in [0.1, 0.15) is 30.2 Å². The minimum absolute atomic E-state index is 0.121. The van der Waals surface area contributed by atoms with Crippen LogP contribution in [0.4, 0.5) is 11.4 Å². The van der Waals surface area contributed by atoms with Crippen molar-refractivity contribution >= 4 is 29.0 Å². The second kappa shape index (κ2) is 8.54. The molecule has 1 amide bonds. The normalized spacial score (nSPS) is 10.5. The van der Waals surface area contributed by atoms with Crippen molar-refractivity contribution in [1.82, 2.24) is 9.97 Å². The first kappa shape index (κ1) is 18.1. The number of anilines is 2. The van der Waals surface area contributed by atoms with Crippen LogP contribution in [0.3, 0.4) is 0 Å². The van der Waals surface area contributed by atoms with Crippen LogP contribution in [0.5, 0.6) is 0 Å². The van der Waals surface area contributed by atoms with Crippen LogP contribution in [0.15, 0.2) is 35.1 Å². The molecule has 0 bridgehead atoms. The van der Waals surface area contributed by atoms with E-state index in [9.17, 15) is 9.59 Å². The molecule has 0 radical (unpaired) electrons. The summed E-state index contributed by atoms with van der Waals surface area (Å²) in [5, 5.41) is 2.78. The highest BCUT2D eigenvalue weighted by Gasteiger charge is 2.11. The minimum atomic E-state index is -0.390. The Labute approximate surface area is 145 Å². The molecule has 7 heteroatoms. The lowest BCUT2D eigenvalue weighted by atomic mass is 10.2. The molecule has 0 saturated heterocycles. The average molecular weight is 346 g/mol. The molecule has 24 heavy (non-hydrogen) atoms. The number of hydrogen-bond acceptors (Lipinski definition) is 5. The average Bonchev–Trinajstić information content (AvgIpc) is 2.57. The summed E-state index contributed by atoms with van der Waals surface area (Å²) >= 11 is 1.53. The SMILES string of the molecule is CCN(CC)c1ccc(NC(=O)c2cc(=O)[nH]c(CSC)n2)cc1. The molecule has 0 spiro atoms. The monoisotopic (exact) mass is 346 g/mol. The molecule has 1 aromatic carbocycles. The second-order valence-electron chi connectivity index (χ2n) is 5.18. The highest BCUT2D eigenvalue weighted by atomic mass is 32.2. The third kappa shape index (κ3) is 4.61. The molecule has 0 saturated carbocycles. The Bertz CT molecular complexity index is 739. The fourth-order valence-electron chi connectivity index (χ4n) is 2.37. The van der Waals surface area contributed by atoms with Gasteiger partial charge in [-0.2, -0.15) is 11.8 Å². The molecular formula is C17H22N4O2S. The molecule has 0 atom stereocenters. The number of carbonyl (C=O) groups excluding carboxylic acids is 1. The first-order valence-corrected chi connectivity index (χ1v) is 9.22. The number of benzene rings is 1. The van der Waals surface area contributed by atoms with E-state index in [1.807, 2.05) is 30.5 Å². The van der Waals surface area contributed by atoms with Crippen LogP contribution in [0.25, 0.3) is 0 Å². The zero-order chi connectivity index (χ0) is 17.5. The smallest absolute Gasteiger partial charge is 0.274 e. The summed E-state index contributed by atoms with van der Waals surface area (Å²) in [4.78, 5) is 33.0. The fourth-order valence-corrected chi connectivity index (χ4v) is 2.78. The topological polar surface area (TPSA) is 78.1 Å². The van der Waals surface area contributed by atoms with Crippen LogP contribution >= 0.6 is 11.8 Å². The third-order valence-electron chi connectivity index (χ3n) is 3.56. The van der Waals surface area contributed by atoms with E-state index < -0.39 is 0 Å². The maximum Gasteiger partial charge on any atom is 0.274 e. The van der Waals surface area contributed by atoms with Gasteiger partial charge in [0.15, 0.2) is 0 Å². The van der Waals surface area contributed by atoms with E-state index in [0.717, 1.165) is 18.8 Å². The molecule has 1 aromatic heterocycles. The summed E-state index contributed by atoms with van der Waals surface area (Å²) in [5.74, 6) is 0.658. The highest BCUT2D eigenvalue weighted by molar-refractivity contribution is 7.97. The van der Waals surface area contributed by atoms with E-state index in [2.05, 4.69) is 34.0 Å². The van der Waals surface area contributed by atoms with Gasteiger partial charge in [-0.05, 0) is 44.4 Å². The van der Waals surface area contributed by atoms with Gasteiger partial charge in [-0.15, -0.1) is 0 Å². The summed E-state index contributed by atoms with van der Waals surface area (Å²) in [6.45, 7) is 6.06. The molecule has 128 valence electrons. The number of H-pyrrole nitrogens is 1. The molecule has 0 unspecified atom stereocenters. The molecule has 2 N–H and O–H groups in total. The number of aromatic nitrogens is 2. The van der Waals surface area contributed by atoms with Crippen molar-refractivity contribution in [2.45, 2.75) is 19.6 Å². The minimum Gasteiger partial charge on any atom is -0.372 e. The van der Waals surface area contributed by atoms with E-state index in [4.69, 9.17) is 0 Å². The van der Waals surface area contributed by atoms with Gasteiger partial charge in [0.25, 0.3) is 11.5 Å². The van der Waals surface area contributed by atoms with Crippen LogP contribution in [0, 0.1) is 0 Å². The number of aromatic amines is 1. The van der Waals surface area contributed by atoms with Gasteiger partial charge in [0.05, 0.1) is 5.75 Å². The summed E-state index contributed by atoms with van der Waals surface area (Å²) in [7, 11) is 0. The van der Waals surface area contributed by atoms with Crippen molar-refractivity contribution in [3.63, 3.8) is 0 Å². The van der Waals surface area contributed by atoms with E-state index in [1.54, 1.807) is 0 Å². The van der Waals surface area contributed by atoms with Gasteiger partial charge in [0, 0.05) is 30.5 Å². The Morgan fingerprint density at radius 2 is 1.92 bits per heavy atom. The van der Waals surface area contributed by atoms with E-state index >= 15 is 0 Å². The van der Waals surface area contributed by atoms with Gasteiger partial charge in [0.2, 0.25) is 0 Å². The van der Waals surface area contributed by atoms with Crippen molar-refractivity contribution in [3.8, 4) is 0 Å². The number of hydrogen-bond donors (Lipinski definition) is 2. The van der Waals surface area contributed by atoms with Gasteiger partial charge < -0.3 is 15.2 Å². The number of thioether (sulfide) groups is 1. The first-order valence-electron chi connectivity index (χ1n) is 7.82. The zero-order valence-electron chi connectivity index (χ0n) is 14.1. The van der Waals surface area contributed by atoms with Crippen molar-refractivity contribution < 1.29 is 4.79 Å². The summed E-state index contributed by atoms with van der Waals surface area (Å²) in [6.07, 6.45) is 1.91. The first-order chi connectivity index (χ1) is 11.6. The molecule has 0 aliphatic rings. The number of nitrogens with one attached hydrogen (secondary N) is 2. The summed E-state index contributed by atoms with van der Waals surface area (Å²) in [5.41, 5.74) is 1.57. The Kier molecular flexibility index (Phi) is 6.43. The number of nitrogens with zero attached hydrogens (tertiary/aromatic N) is 2. The predicted molar refractivity (Wildman–Crippen MR) is 100 cm³/mol. The van der Waals surface area contributed by atoms with Crippen LogP contribution in [0.2, 0.25) is 0 Å². The van der Waals surface area contributed by atoms with Gasteiger partial charge in [0.1, 0.15) is 11.5 Å². The quantitative estimate of drug-likeness (QED) is 0.806. The van der Waals surface area contributed by atoms with Crippen molar-refractivity contribution in [2.75, 3.05) is 29.6 Å². The molecular weight excluding hydrogens is 324 g/mol. The number of carbonyl (C=O) groups is 1. The van der Waals surface area contributed by atoms with Gasteiger partial charge in [-0.25, -0.2) is 4.98 Å². The van der Waals surface area contributed by atoms with E-state index in [1.165, 1.54) is 17.8 Å². The molecule has 0 aliphatic heterocycles. The lowest BCUT2D eigenvalue weighted by molar-refractivity contribution is 0.102. The molecule has 0 fully saturated rings. The van der Waals surface area contributed by atoms with Crippen LogP contribution in [-0.2, 0) is 5.75 Å². The summed E-state index contributed by atoms with van der Waals surface area (Å²) in [6, 6.07) is 8.84. The van der Waals surface area contributed by atoms with Crippen LogP contribution < -0.4 is 15.8 Å². The van der Waals surface area contributed by atoms with Gasteiger partial charge in [-0.1, -0.05) is 0 Å². The van der Waals surface area contributed by atoms with Crippen molar-refractivity contribution in [3.05, 3.63) is 52.2 Å². The Morgan fingerprint density at radius 3 is 2.50 bits per heavy atom. The molecule has 2 aromatic rings. The van der Waals surface area contributed by atoms with Crippen molar-refractivity contribution in [2.24, 2.45) is 0 Å². The molecule has 1 heterocycles. The predicted octanol–water partition coefficient (Wildman–Crippen LogP) is 2.73. The highest BCUT2D eigenvalue weighted by Crippen LogP contribution is 2.18. The molecule has 2 rings (SSSR count). The zero-order valence-corrected chi connectivity index (χ0v) is 14.9. The maximum atomic E-state index is 12.3. The fraction of sp³-hybridized carbons (Fsp3) is 0.353. The standard InChI is InChI=1S/C17H22N4O2S/c1-4-21(5-2)13-8-6-12(7-9-13)18-17(23)14-10-16(22)20-15(19-14)11-24-3/h6-10H,4-5,11H2,1-3H3,(H,18,23)(H,19,20,22). The summed E-state index contributed by atoms with van der Waals surface area (Å²) < 4.78 is 0. The van der Waals surface area contributed by atoms with Crippen LogP contribution in [-0.4, -0.2) is 35.2 Å². The molecule has 0 aliphatic carbocycles. The second-order valence-corrected chi connectivity index (χ2v) is 6.05. The molecule has 6 nitrogen and oxygen atoms in total. The van der Waals surface area contributed by atoms with Gasteiger partial charge >= 0.3 is 0 Å². The van der Waals surface area contributed by atoms with Gasteiger partial charge in [-0.3, -0.25) is 9.59 Å². The Hall–Kier alpha value is -2.28. The number of rotatable bonds is 7. The Morgan fingerprint density at radius 1 is 1.25 bits per heavy atom. The third-order valence-corrected chi connectivity index (χ3v) is 4.12. The lowest BCUT2D eigenvalue weighted by Crippen LogP contribution is -2.22. The van der Waals surface area contributed by atoms with E-state index in [-0.39, 0.29) is 17.2 Å².